The molecule has 0 radical (unpaired) electrons. The number of benzene rings is 2. The van der Waals surface area contributed by atoms with Gasteiger partial charge in [-0.15, -0.1) is 5.10 Å². The third-order valence-electron chi connectivity index (χ3n) is 3.29. The Balaban J connectivity index is 1.84. The Kier molecular flexibility index (Phi) is 3.21. The summed E-state index contributed by atoms with van der Waals surface area (Å²) >= 11 is 0. The van der Waals surface area contributed by atoms with E-state index < -0.39 is 0 Å². The molecule has 0 fully saturated rings. The van der Waals surface area contributed by atoms with Gasteiger partial charge in [-0.3, -0.25) is 0 Å². The molecule has 0 aliphatic rings. The van der Waals surface area contributed by atoms with Crippen LogP contribution < -0.4 is 0 Å². The number of aromatic hydroxyl groups is 1. The highest BCUT2D eigenvalue weighted by Crippen LogP contribution is 2.15. The molecule has 0 spiro atoms. The van der Waals surface area contributed by atoms with Gasteiger partial charge in [0.05, 0.1) is 17.6 Å². The Hall–Kier alpha value is -2.62. The second kappa shape index (κ2) is 5.17. The maximum absolute atomic E-state index is 9.29. The molecule has 0 aliphatic heterocycles. The normalized spacial score (nSPS) is 10.7. The predicted molar refractivity (Wildman–Crippen MR) is 77.0 cm³/mol. The first-order valence-electron chi connectivity index (χ1n) is 6.47. The second-order valence-electron chi connectivity index (χ2n) is 4.77. The number of phenols is 1. The highest BCUT2D eigenvalue weighted by atomic mass is 16.3. The Morgan fingerprint density at radius 1 is 1.05 bits per heavy atom. The Morgan fingerprint density at radius 3 is 2.55 bits per heavy atom. The maximum Gasteiger partial charge on any atom is 0.115 e. The van der Waals surface area contributed by atoms with E-state index in [4.69, 9.17) is 0 Å². The minimum absolute atomic E-state index is 0.244. The van der Waals surface area contributed by atoms with Crippen LogP contribution in [0.5, 0.6) is 5.75 Å². The minimum Gasteiger partial charge on any atom is -0.508 e. The van der Waals surface area contributed by atoms with Gasteiger partial charge in [0.1, 0.15) is 5.75 Å². The summed E-state index contributed by atoms with van der Waals surface area (Å²) in [5.41, 5.74) is 4.32. The number of hydrogen-bond donors (Lipinski definition) is 1. The van der Waals surface area contributed by atoms with Crippen molar-refractivity contribution < 1.29 is 5.11 Å². The molecule has 0 atom stereocenters. The van der Waals surface area contributed by atoms with E-state index in [1.807, 2.05) is 30.5 Å². The molecular formula is C16H15N3O. The van der Waals surface area contributed by atoms with Gasteiger partial charge in [-0.25, -0.2) is 4.68 Å². The molecule has 4 nitrogen and oxygen atoms in total. The molecular weight excluding hydrogens is 250 g/mol. The van der Waals surface area contributed by atoms with Crippen LogP contribution in [0.1, 0.15) is 16.8 Å². The van der Waals surface area contributed by atoms with Crippen LogP contribution in [-0.2, 0) is 6.42 Å². The lowest BCUT2D eigenvalue weighted by Gasteiger charge is -2.02. The van der Waals surface area contributed by atoms with Crippen LogP contribution in [0.15, 0.2) is 54.7 Å². The number of nitrogens with zero attached hydrogens (tertiary/aromatic N) is 3. The van der Waals surface area contributed by atoms with E-state index in [1.165, 1.54) is 11.1 Å². The average molecular weight is 265 g/mol. The fraction of sp³-hybridized carbons (Fsp3) is 0.125. The Bertz CT molecular complexity index is 717. The molecule has 2 aromatic carbocycles. The van der Waals surface area contributed by atoms with Crippen LogP contribution in [0.3, 0.4) is 0 Å². The van der Waals surface area contributed by atoms with Crippen molar-refractivity contribution in [2.75, 3.05) is 0 Å². The largest absolute Gasteiger partial charge is 0.508 e. The summed E-state index contributed by atoms with van der Waals surface area (Å²) in [6.07, 6.45) is 2.68. The first-order chi connectivity index (χ1) is 9.72. The molecule has 1 heterocycles. The van der Waals surface area contributed by atoms with Crippen LogP contribution in [0, 0.1) is 6.92 Å². The smallest absolute Gasteiger partial charge is 0.115 e. The third kappa shape index (κ3) is 2.54. The first-order valence-corrected chi connectivity index (χ1v) is 6.47. The summed E-state index contributed by atoms with van der Waals surface area (Å²) in [6.45, 7) is 2.10. The van der Waals surface area contributed by atoms with Crippen molar-refractivity contribution in [2.45, 2.75) is 13.3 Å². The van der Waals surface area contributed by atoms with Crippen molar-refractivity contribution in [3.8, 4) is 11.4 Å². The number of hydrogen-bond acceptors (Lipinski definition) is 3. The molecule has 100 valence electrons. The quantitative estimate of drug-likeness (QED) is 0.792. The lowest BCUT2D eigenvalue weighted by Crippen LogP contribution is -1.93. The van der Waals surface area contributed by atoms with E-state index >= 15 is 0 Å². The molecule has 4 heteroatoms. The zero-order valence-corrected chi connectivity index (χ0v) is 11.2. The molecule has 0 aliphatic carbocycles. The van der Waals surface area contributed by atoms with Crippen LogP contribution in [0.2, 0.25) is 0 Å². The van der Waals surface area contributed by atoms with Crippen LogP contribution in [-0.4, -0.2) is 20.1 Å². The van der Waals surface area contributed by atoms with Gasteiger partial charge >= 0.3 is 0 Å². The van der Waals surface area contributed by atoms with Crippen molar-refractivity contribution in [1.82, 2.24) is 15.0 Å². The molecule has 0 bridgehead atoms. The lowest BCUT2D eigenvalue weighted by atomic mass is 10.0. The van der Waals surface area contributed by atoms with Gasteiger partial charge in [0, 0.05) is 6.42 Å². The monoisotopic (exact) mass is 265 g/mol. The van der Waals surface area contributed by atoms with Gasteiger partial charge in [-0.05, 0) is 42.3 Å². The van der Waals surface area contributed by atoms with E-state index in [0.29, 0.717) is 0 Å². The van der Waals surface area contributed by atoms with Crippen molar-refractivity contribution in [1.29, 1.82) is 0 Å². The summed E-state index contributed by atoms with van der Waals surface area (Å²) in [5.74, 6) is 0.244. The summed E-state index contributed by atoms with van der Waals surface area (Å²) in [4.78, 5) is 0. The van der Waals surface area contributed by atoms with Crippen LogP contribution in [0.4, 0.5) is 0 Å². The van der Waals surface area contributed by atoms with Crippen LogP contribution >= 0.6 is 0 Å². The Labute approximate surface area is 117 Å². The van der Waals surface area contributed by atoms with E-state index in [0.717, 1.165) is 17.8 Å². The highest BCUT2D eigenvalue weighted by Gasteiger charge is 2.05. The minimum atomic E-state index is 0.244. The van der Waals surface area contributed by atoms with Crippen molar-refractivity contribution in [2.24, 2.45) is 0 Å². The van der Waals surface area contributed by atoms with Gasteiger partial charge in [0.25, 0.3) is 0 Å². The summed E-state index contributed by atoms with van der Waals surface area (Å²) in [6, 6.07) is 15.2. The van der Waals surface area contributed by atoms with Crippen molar-refractivity contribution in [3.05, 3.63) is 71.5 Å². The number of rotatable bonds is 3. The van der Waals surface area contributed by atoms with Gasteiger partial charge < -0.3 is 5.11 Å². The number of aryl methyl sites for hydroxylation is 1. The predicted octanol–water partition coefficient (Wildman–Crippen LogP) is 2.87. The average Bonchev–Trinajstić information content (AvgIpc) is 2.91. The first kappa shape index (κ1) is 12.4. The molecule has 3 aromatic rings. The maximum atomic E-state index is 9.29. The Morgan fingerprint density at radius 2 is 1.80 bits per heavy atom. The highest BCUT2D eigenvalue weighted by molar-refractivity contribution is 5.36. The summed E-state index contributed by atoms with van der Waals surface area (Å²) in [5, 5.41) is 17.6. The van der Waals surface area contributed by atoms with E-state index in [-0.39, 0.29) is 5.75 Å². The third-order valence-corrected chi connectivity index (χ3v) is 3.29. The second-order valence-corrected chi connectivity index (χ2v) is 4.77. The van der Waals surface area contributed by atoms with Gasteiger partial charge in [-0.2, -0.15) is 0 Å². The molecule has 3 rings (SSSR count). The van der Waals surface area contributed by atoms with Gasteiger partial charge in [-0.1, -0.05) is 29.5 Å². The van der Waals surface area contributed by atoms with Crippen LogP contribution in [0.25, 0.3) is 5.69 Å². The fourth-order valence-electron chi connectivity index (χ4n) is 2.11. The zero-order valence-electron chi connectivity index (χ0n) is 11.2. The molecule has 1 aromatic heterocycles. The SMILES string of the molecule is Cc1ccccc1Cc1cn(-c2ccc(O)cc2)nn1. The summed E-state index contributed by atoms with van der Waals surface area (Å²) < 4.78 is 1.72. The van der Waals surface area contributed by atoms with E-state index in [1.54, 1.807) is 16.8 Å². The van der Waals surface area contributed by atoms with Gasteiger partial charge in [0.2, 0.25) is 0 Å². The van der Waals surface area contributed by atoms with Crippen molar-refractivity contribution >= 4 is 0 Å². The molecule has 20 heavy (non-hydrogen) atoms. The van der Waals surface area contributed by atoms with Gasteiger partial charge in [0.15, 0.2) is 0 Å². The fourth-order valence-corrected chi connectivity index (χ4v) is 2.11. The number of aromatic nitrogens is 3. The van der Waals surface area contributed by atoms with E-state index in [2.05, 4.69) is 29.4 Å². The lowest BCUT2D eigenvalue weighted by molar-refractivity contribution is 0.475. The topological polar surface area (TPSA) is 50.9 Å². The van der Waals surface area contributed by atoms with E-state index in [9.17, 15) is 5.11 Å². The molecule has 0 saturated heterocycles. The van der Waals surface area contributed by atoms with Crippen molar-refractivity contribution in [3.63, 3.8) is 0 Å². The molecule has 1 N–H and O–H groups in total. The molecule has 0 amide bonds. The zero-order chi connectivity index (χ0) is 13.9. The summed E-state index contributed by atoms with van der Waals surface area (Å²) in [7, 11) is 0. The molecule has 0 unspecified atom stereocenters. The standard InChI is InChI=1S/C16H15N3O/c1-12-4-2-3-5-13(12)10-14-11-19(18-17-14)15-6-8-16(20)9-7-15/h2-9,11,20H,10H2,1H3. The number of phenolic OH excluding ortho intramolecular Hbond substituents is 1. The molecule has 0 saturated carbocycles.